The van der Waals surface area contributed by atoms with E-state index < -0.39 is 10.0 Å². The third-order valence-corrected chi connectivity index (χ3v) is 6.93. The van der Waals surface area contributed by atoms with Gasteiger partial charge in [-0.05, 0) is 36.2 Å². The molecule has 0 aliphatic carbocycles. The number of benzene rings is 3. The third kappa shape index (κ3) is 4.29. The molecule has 7 heteroatoms. The first-order valence-electron chi connectivity index (χ1n) is 10.5. The Balaban J connectivity index is 1.71. The number of nitrogens with zero attached hydrogens (tertiary/aromatic N) is 2. The maximum absolute atomic E-state index is 12.9. The van der Waals surface area contributed by atoms with Crippen LogP contribution in [-0.4, -0.2) is 25.0 Å². The van der Waals surface area contributed by atoms with Gasteiger partial charge in [0.15, 0.2) is 0 Å². The van der Waals surface area contributed by atoms with E-state index in [0.717, 1.165) is 11.1 Å². The number of carbonyl (C=O) groups is 1. The molecule has 1 atom stereocenters. The molecule has 1 heterocycles. The van der Waals surface area contributed by atoms with Gasteiger partial charge in [0.05, 0.1) is 22.3 Å². The van der Waals surface area contributed by atoms with E-state index in [2.05, 4.69) is 9.82 Å². The van der Waals surface area contributed by atoms with E-state index in [4.69, 9.17) is 0 Å². The lowest BCUT2D eigenvalue weighted by Gasteiger charge is -2.23. The van der Waals surface area contributed by atoms with Gasteiger partial charge in [0.2, 0.25) is 5.91 Å². The Hall–Kier alpha value is -3.45. The molecule has 3 aromatic rings. The van der Waals surface area contributed by atoms with Gasteiger partial charge in [0, 0.05) is 18.4 Å². The number of sulfonamides is 1. The molecule has 1 amide bonds. The van der Waals surface area contributed by atoms with E-state index in [9.17, 15) is 13.2 Å². The van der Waals surface area contributed by atoms with Gasteiger partial charge in [0.25, 0.3) is 10.0 Å². The molecule has 0 radical (unpaired) electrons. The van der Waals surface area contributed by atoms with Crippen molar-refractivity contribution in [2.75, 3.05) is 4.72 Å². The molecule has 1 aliphatic heterocycles. The molecule has 0 saturated heterocycles. The SMILES string of the molecule is CCC(=O)N1N=C(c2ccccc2NS(=O)(=O)c2ccccc2)C[C@@H]1c1ccccc1C. The van der Waals surface area contributed by atoms with E-state index in [1.807, 2.05) is 50.2 Å². The number of hydrogen-bond donors (Lipinski definition) is 1. The lowest BCUT2D eigenvalue weighted by atomic mass is 9.94. The van der Waals surface area contributed by atoms with E-state index in [1.165, 1.54) is 0 Å². The number of anilines is 1. The first-order chi connectivity index (χ1) is 15.4. The molecular weight excluding hydrogens is 422 g/mol. The summed E-state index contributed by atoms with van der Waals surface area (Å²) >= 11 is 0. The van der Waals surface area contributed by atoms with Crippen molar-refractivity contribution < 1.29 is 13.2 Å². The molecule has 4 rings (SSSR count). The standard InChI is InChI=1S/C25H25N3O3S/c1-3-25(29)28-24(20-14-8-7-11-18(20)2)17-23(26-28)21-15-9-10-16-22(21)27-32(30,31)19-12-5-4-6-13-19/h4-16,24,27H,3,17H2,1-2H3/t24-/m1/s1. The Kier molecular flexibility index (Phi) is 6.10. The summed E-state index contributed by atoms with van der Waals surface area (Å²) in [7, 11) is -3.76. The van der Waals surface area contributed by atoms with Crippen molar-refractivity contribution in [3.63, 3.8) is 0 Å². The minimum atomic E-state index is -3.76. The van der Waals surface area contributed by atoms with E-state index in [-0.39, 0.29) is 16.8 Å². The Morgan fingerprint density at radius 3 is 2.38 bits per heavy atom. The number of nitrogens with one attached hydrogen (secondary N) is 1. The number of hydrogen-bond acceptors (Lipinski definition) is 4. The molecule has 0 spiro atoms. The van der Waals surface area contributed by atoms with Crippen LogP contribution in [0, 0.1) is 6.92 Å². The maximum atomic E-state index is 12.9. The van der Waals surface area contributed by atoms with Gasteiger partial charge in [-0.15, -0.1) is 0 Å². The molecule has 0 fully saturated rings. The molecular formula is C25H25N3O3S. The van der Waals surface area contributed by atoms with Crippen LogP contribution in [0.15, 0.2) is 88.9 Å². The highest BCUT2D eigenvalue weighted by molar-refractivity contribution is 7.92. The zero-order chi connectivity index (χ0) is 22.7. The highest BCUT2D eigenvalue weighted by Crippen LogP contribution is 2.36. The van der Waals surface area contributed by atoms with Crippen LogP contribution in [0.3, 0.4) is 0 Å². The van der Waals surface area contributed by atoms with Crippen LogP contribution in [0.1, 0.15) is 42.5 Å². The molecule has 1 N–H and O–H groups in total. The van der Waals surface area contributed by atoms with Crippen molar-refractivity contribution in [1.82, 2.24) is 5.01 Å². The van der Waals surface area contributed by atoms with Gasteiger partial charge < -0.3 is 0 Å². The summed E-state index contributed by atoms with van der Waals surface area (Å²) in [6.45, 7) is 3.83. The average Bonchev–Trinajstić information content (AvgIpc) is 3.24. The lowest BCUT2D eigenvalue weighted by molar-refractivity contribution is -0.132. The Bertz CT molecular complexity index is 1270. The van der Waals surface area contributed by atoms with Crippen LogP contribution in [0.5, 0.6) is 0 Å². The van der Waals surface area contributed by atoms with Crippen molar-refractivity contribution in [3.8, 4) is 0 Å². The van der Waals surface area contributed by atoms with Gasteiger partial charge in [-0.3, -0.25) is 9.52 Å². The fourth-order valence-corrected chi connectivity index (χ4v) is 5.00. The number of rotatable bonds is 6. The summed E-state index contributed by atoms with van der Waals surface area (Å²) in [5.74, 6) is -0.0735. The first kappa shape index (κ1) is 21.8. The molecule has 0 bridgehead atoms. The van der Waals surface area contributed by atoms with Crippen molar-refractivity contribution in [2.24, 2.45) is 5.10 Å². The topological polar surface area (TPSA) is 78.8 Å². The van der Waals surface area contributed by atoms with Crippen molar-refractivity contribution in [2.45, 2.75) is 37.6 Å². The Morgan fingerprint density at radius 2 is 1.66 bits per heavy atom. The van der Waals surface area contributed by atoms with Gasteiger partial charge in [0.1, 0.15) is 0 Å². The highest BCUT2D eigenvalue weighted by atomic mass is 32.2. The number of hydrazone groups is 1. The molecule has 0 unspecified atom stereocenters. The van der Waals surface area contributed by atoms with Crippen molar-refractivity contribution in [3.05, 3.63) is 95.6 Å². The van der Waals surface area contributed by atoms with Gasteiger partial charge in [-0.2, -0.15) is 5.10 Å². The molecule has 0 aromatic heterocycles. The van der Waals surface area contributed by atoms with E-state index in [1.54, 1.807) is 47.5 Å². The Morgan fingerprint density at radius 1 is 1.00 bits per heavy atom. The smallest absolute Gasteiger partial charge is 0.261 e. The zero-order valence-corrected chi connectivity index (χ0v) is 18.8. The largest absolute Gasteiger partial charge is 0.279 e. The summed E-state index contributed by atoms with van der Waals surface area (Å²) in [5.41, 5.74) is 3.89. The summed E-state index contributed by atoms with van der Waals surface area (Å²) in [4.78, 5) is 12.9. The molecule has 6 nitrogen and oxygen atoms in total. The molecule has 32 heavy (non-hydrogen) atoms. The number of para-hydroxylation sites is 1. The van der Waals surface area contributed by atoms with E-state index >= 15 is 0 Å². The highest BCUT2D eigenvalue weighted by Gasteiger charge is 2.34. The summed E-state index contributed by atoms with van der Waals surface area (Å²) in [6.07, 6.45) is 0.835. The maximum Gasteiger partial charge on any atom is 0.261 e. The van der Waals surface area contributed by atoms with Crippen LogP contribution in [0.25, 0.3) is 0 Å². The van der Waals surface area contributed by atoms with Crippen molar-refractivity contribution in [1.29, 1.82) is 0 Å². The fraction of sp³-hybridized carbons (Fsp3) is 0.200. The van der Waals surface area contributed by atoms with Crippen LogP contribution >= 0.6 is 0 Å². The number of amides is 1. The zero-order valence-electron chi connectivity index (χ0n) is 18.0. The molecule has 0 saturated carbocycles. The first-order valence-corrected chi connectivity index (χ1v) is 12.0. The second-order valence-corrected chi connectivity index (χ2v) is 9.36. The minimum absolute atomic E-state index is 0.0735. The predicted octanol–water partition coefficient (Wildman–Crippen LogP) is 4.88. The van der Waals surface area contributed by atoms with Gasteiger partial charge in [-0.1, -0.05) is 67.6 Å². The van der Waals surface area contributed by atoms with Crippen LogP contribution < -0.4 is 4.72 Å². The summed E-state index contributed by atoms with van der Waals surface area (Å²) in [6, 6.07) is 23.1. The number of carbonyl (C=O) groups excluding carboxylic acids is 1. The quantitative estimate of drug-likeness (QED) is 0.585. The van der Waals surface area contributed by atoms with Gasteiger partial charge in [-0.25, -0.2) is 13.4 Å². The van der Waals surface area contributed by atoms with Crippen LogP contribution in [0.2, 0.25) is 0 Å². The van der Waals surface area contributed by atoms with E-state index in [0.29, 0.717) is 29.8 Å². The van der Waals surface area contributed by atoms with Crippen LogP contribution in [-0.2, 0) is 14.8 Å². The Labute approximate surface area is 188 Å². The number of aryl methyl sites for hydroxylation is 1. The second kappa shape index (κ2) is 8.96. The second-order valence-electron chi connectivity index (χ2n) is 7.68. The fourth-order valence-electron chi connectivity index (χ4n) is 3.90. The summed E-state index contributed by atoms with van der Waals surface area (Å²) < 4.78 is 28.5. The van der Waals surface area contributed by atoms with Crippen LogP contribution in [0.4, 0.5) is 5.69 Å². The van der Waals surface area contributed by atoms with Crippen molar-refractivity contribution >= 4 is 27.3 Å². The molecule has 1 aliphatic rings. The minimum Gasteiger partial charge on any atom is -0.279 e. The lowest BCUT2D eigenvalue weighted by Crippen LogP contribution is -2.26. The normalized spacial score (nSPS) is 16.0. The molecule has 164 valence electrons. The predicted molar refractivity (Wildman–Crippen MR) is 126 cm³/mol. The average molecular weight is 448 g/mol. The monoisotopic (exact) mass is 447 g/mol. The summed E-state index contributed by atoms with van der Waals surface area (Å²) in [5, 5.41) is 6.20. The molecule has 3 aromatic carbocycles. The van der Waals surface area contributed by atoms with Gasteiger partial charge >= 0.3 is 0 Å². The third-order valence-electron chi connectivity index (χ3n) is 5.55.